The Bertz CT molecular complexity index is 880. The highest BCUT2D eigenvalue weighted by molar-refractivity contribution is 9.09. The molecule has 0 aromatic heterocycles. The maximum Gasteiger partial charge on any atom is 0.356 e. The predicted molar refractivity (Wildman–Crippen MR) is 113 cm³/mol. The summed E-state index contributed by atoms with van der Waals surface area (Å²) in [6.07, 6.45) is -0.558. The molecule has 2 aromatic carbocycles. The van der Waals surface area contributed by atoms with Crippen molar-refractivity contribution >= 4 is 39.6 Å². The van der Waals surface area contributed by atoms with E-state index in [-0.39, 0.29) is 11.3 Å². The molecule has 1 saturated heterocycles. The van der Waals surface area contributed by atoms with E-state index in [9.17, 15) is 9.59 Å². The summed E-state index contributed by atoms with van der Waals surface area (Å²) in [5, 5.41) is 0.294. The number of fused-ring (bicyclic) bond motifs is 1. The SMILES string of the molecule is NC1C(=O)N2C(C(=O)OC(c3ccccc3)c3ccccc3)=C(CBr)CS[C@@H]12. The summed E-state index contributed by atoms with van der Waals surface area (Å²) in [5.41, 5.74) is 8.82. The fourth-order valence-electron chi connectivity index (χ4n) is 3.42. The lowest BCUT2D eigenvalue weighted by molar-refractivity contribution is -0.153. The molecule has 0 saturated carbocycles. The number of hydrogen-bond donors (Lipinski definition) is 1. The van der Waals surface area contributed by atoms with Crippen LogP contribution in [0.2, 0.25) is 0 Å². The number of hydrogen-bond acceptors (Lipinski definition) is 5. The quantitative estimate of drug-likeness (QED) is 0.423. The second kappa shape index (κ2) is 8.11. The van der Waals surface area contributed by atoms with Crippen molar-refractivity contribution in [2.45, 2.75) is 17.5 Å². The van der Waals surface area contributed by atoms with Gasteiger partial charge in [-0.15, -0.1) is 11.8 Å². The van der Waals surface area contributed by atoms with Gasteiger partial charge in [0.2, 0.25) is 5.91 Å². The Labute approximate surface area is 176 Å². The van der Waals surface area contributed by atoms with Crippen molar-refractivity contribution in [3.05, 3.63) is 83.1 Å². The number of benzene rings is 2. The van der Waals surface area contributed by atoms with E-state index in [0.717, 1.165) is 16.7 Å². The van der Waals surface area contributed by atoms with Gasteiger partial charge >= 0.3 is 5.97 Å². The topological polar surface area (TPSA) is 72.6 Å². The standard InChI is InChI=1S/C21H19BrN2O3S/c22-11-15-12-28-20-16(23)19(25)24(20)17(15)21(26)27-18(13-7-3-1-4-8-13)14-9-5-2-6-10-14/h1-10,16,18,20H,11-12,23H2/t16?,20-/m0/s1. The summed E-state index contributed by atoms with van der Waals surface area (Å²) in [7, 11) is 0. The molecule has 0 aliphatic carbocycles. The highest BCUT2D eigenvalue weighted by Crippen LogP contribution is 2.41. The lowest BCUT2D eigenvalue weighted by Crippen LogP contribution is -2.68. The Morgan fingerprint density at radius 3 is 2.25 bits per heavy atom. The Morgan fingerprint density at radius 2 is 1.71 bits per heavy atom. The first-order chi connectivity index (χ1) is 13.6. The minimum Gasteiger partial charge on any atom is -0.448 e. The van der Waals surface area contributed by atoms with Gasteiger partial charge < -0.3 is 10.5 Å². The molecule has 2 heterocycles. The maximum absolute atomic E-state index is 13.2. The number of carbonyl (C=O) groups is 2. The number of carbonyl (C=O) groups excluding carboxylic acids is 2. The van der Waals surface area contributed by atoms with Crippen LogP contribution >= 0.6 is 27.7 Å². The molecule has 1 unspecified atom stereocenters. The van der Waals surface area contributed by atoms with Gasteiger partial charge in [-0.25, -0.2) is 4.79 Å². The third-order valence-corrected chi connectivity index (χ3v) is 6.91. The highest BCUT2D eigenvalue weighted by atomic mass is 79.9. The summed E-state index contributed by atoms with van der Waals surface area (Å²) in [6, 6.07) is 18.6. The van der Waals surface area contributed by atoms with E-state index >= 15 is 0 Å². The van der Waals surface area contributed by atoms with Gasteiger partial charge in [0.15, 0.2) is 6.10 Å². The molecule has 4 rings (SSSR count). The van der Waals surface area contributed by atoms with Crippen molar-refractivity contribution in [2.75, 3.05) is 11.1 Å². The maximum atomic E-state index is 13.2. The van der Waals surface area contributed by atoms with Crippen molar-refractivity contribution in [1.29, 1.82) is 0 Å². The average molecular weight is 459 g/mol. The fourth-order valence-corrected chi connectivity index (χ4v) is 5.44. The minimum atomic E-state index is -0.566. The van der Waals surface area contributed by atoms with Crippen LogP contribution < -0.4 is 5.73 Å². The lowest BCUT2D eigenvalue weighted by Gasteiger charge is -2.48. The van der Waals surface area contributed by atoms with Crippen LogP contribution in [-0.2, 0) is 14.3 Å². The number of halogens is 1. The number of ether oxygens (including phenoxy) is 1. The van der Waals surface area contributed by atoms with Crippen LogP contribution in [0.3, 0.4) is 0 Å². The molecule has 1 fully saturated rings. The molecule has 0 bridgehead atoms. The van der Waals surface area contributed by atoms with Gasteiger partial charge in [-0.2, -0.15) is 0 Å². The van der Waals surface area contributed by atoms with Crippen molar-refractivity contribution in [1.82, 2.24) is 4.90 Å². The Hall–Kier alpha value is -2.09. The number of β-lactam (4-membered cyclic amide) rings is 1. The monoisotopic (exact) mass is 458 g/mol. The van der Waals surface area contributed by atoms with E-state index in [1.165, 1.54) is 4.90 Å². The lowest BCUT2D eigenvalue weighted by atomic mass is 10.0. The molecular formula is C21H19BrN2O3S. The van der Waals surface area contributed by atoms with Gasteiger partial charge in [-0.3, -0.25) is 9.69 Å². The average Bonchev–Trinajstić information content (AvgIpc) is 2.76. The number of rotatable bonds is 5. The van der Waals surface area contributed by atoms with E-state index in [0.29, 0.717) is 16.8 Å². The number of alkyl halides is 1. The number of amides is 1. The molecular weight excluding hydrogens is 440 g/mol. The van der Waals surface area contributed by atoms with Crippen molar-refractivity contribution in [2.24, 2.45) is 5.73 Å². The molecule has 0 spiro atoms. The molecule has 0 radical (unpaired) electrons. The Balaban J connectivity index is 1.68. The van der Waals surface area contributed by atoms with Crippen molar-refractivity contribution < 1.29 is 14.3 Å². The van der Waals surface area contributed by atoms with Crippen molar-refractivity contribution in [3.8, 4) is 0 Å². The molecule has 2 N–H and O–H groups in total. The molecule has 2 atom stereocenters. The normalized spacial score (nSPS) is 21.4. The Morgan fingerprint density at radius 1 is 1.14 bits per heavy atom. The highest BCUT2D eigenvalue weighted by Gasteiger charge is 2.52. The number of thioether (sulfide) groups is 1. The van der Waals surface area contributed by atoms with Gasteiger partial charge in [0.05, 0.1) is 0 Å². The van der Waals surface area contributed by atoms with E-state index in [1.807, 2.05) is 60.7 Å². The van der Waals surface area contributed by atoms with E-state index < -0.39 is 18.1 Å². The second-order valence-corrected chi connectivity index (χ2v) is 8.29. The van der Waals surface area contributed by atoms with Crippen LogP contribution in [0.5, 0.6) is 0 Å². The third kappa shape index (κ3) is 3.38. The molecule has 144 valence electrons. The van der Waals surface area contributed by atoms with Gasteiger partial charge in [-0.05, 0) is 16.7 Å². The summed E-state index contributed by atoms with van der Waals surface area (Å²) in [6.45, 7) is 0. The predicted octanol–water partition coefficient (Wildman–Crippen LogP) is 3.21. The first kappa shape index (κ1) is 19.2. The van der Waals surface area contributed by atoms with Crippen LogP contribution in [0, 0.1) is 0 Å². The molecule has 2 aromatic rings. The number of nitrogens with zero attached hydrogens (tertiary/aromatic N) is 1. The number of nitrogens with two attached hydrogens (primary N) is 1. The first-order valence-corrected chi connectivity index (χ1v) is 11.1. The summed E-state index contributed by atoms with van der Waals surface area (Å²) in [4.78, 5) is 27.0. The smallest absolute Gasteiger partial charge is 0.356 e. The largest absolute Gasteiger partial charge is 0.448 e. The molecule has 28 heavy (non-hydrogen) atoms. The van der Waals surface area contributed by atoms with Crippen molar-refractivity contribution in [3.63, 3.8) is 0 Å². The first-order valence-electron chi connectivity index (χ1n) is 8.91. The van der Waals surface area contributed by atoms with Crippen LogP contribution in [0.15, 0.2) is 71.9 Å². The fraction of sp³-hybridized carbons (Fsp3) is 0.238. The molecule has 2 aliphatic heterocycles. The Kier molecular flexibility index (Phi) is 5.57. The molecule has 5 nitrogen and oxygen atoms in total. The zero-order valence-corrected chi connectivity index (χ0v) is 17.4. The third-order valence-electron chi connectivity index (χ3n) is 4.87. The molecule has 2 aliphatic rings. The summed E-state index contributed by atoms with van der Waals surface area (Å²) >= 11 is 5.01. The van der Waals surface area contributed by atoms with Crippen LogP contribution in [0.4, 0.5) is 0 Å². The second-order valence-electron chi connectivity index (χ2n) is 6.63. The molecule has 7 heteroatoms. The van der Waals surface area contributed by atoms with E-state index in [4.69, 9.17) is 10.5 Å². The van der Waals surface area contributed by atoms with E-state index in [2.05, 4.69) is 15.9 Å². The van der Waals surface area contributed by atoms with Crippen LogP contribution in [0.25, 0.3) is 0 Å². The zero-order valence-electron chi connectivity index (χ0n) is 15.0. The minimum absolute atomic E-state index is 0.204. The van der Waals surface area contributed by atoms with E-state index in [1.54, 1.807) is 11.8 Å². The zero-order chi connectivity index (χ0) is 19.7. The molecule has 1 amide bonds. The summed E-state index contributed by atoms with van der Waals surface area (Å²) in [5.74, 6) is -0.101. The van der Waals surface area contributed by atoms with Crippen LogP contribution in [0.1, 0.15) is 17.2 Å². The van der Waals surface area contributed by atoms with Gasteiger partial charge in [0.25, 0.3) is 0 Å². The van der Waals surface area contributed by atoms with Crippen LogP contribution in [-0.4, -0.2) is 39.3 Å². The summed E-state index contributed by atoms with van der Waals surface area (Å²) < 4.78 is 5.97. The van der Waals surface area contributed by atoms with Gasteiger partial charge in [-0.1, -0.05) is 76.6 Å². The van der Waals surface area contributed by atoms with Gasteiger partial charge in [0, 0.05) is 11.1 Å². The van der Waals surface area contributed by atoms with Gasteiger partial charge in [0.1, 0.15) is 17.1 Å². The number of esters is 1.